The summed E-state index contributed by atoms with van der Waals surface area (Å²) in [4.78, 5) is 9.20. The van der Waals surface area contributed by atoms with Crippen molar-refractivity contribution in [3.8, 4) is 0 Å². The van der Waals surface area contributed by atoms with Gasteiger partial charge in [0.05, 0.1) is 0 Å². The summed E-state index contributed by atoms with van der Waals surface area (Å²) in [5.41, 5.74) is 1.34. The van der Waals surface area contributed by atoms with E-state index in [4.69, 9.17) is 4.99 Å². The molecule has 0 radical (unpaired) electrons. The molecule has 5 heteroatoms. The first-order valence-corrected chi connectivity index (χ1v) is 9.09. The second-order valence-electron chi connectivity index (χ2n) is 6.25. The summed E-state index contributed by atoms with van der Waals surface area (Å²) < 4.78 is 2.19. The number of aryl methyl sites for hydroxylation is 2. The summed E-state index contributed by atoms with van der Waals surface area (Å²) in [7, 11) is 0. The maximum atomic E-state index is 4.72. The quantitative estimate of drug-likeness (QED) is 0.464. The number of imidazole rings is 1. The fourth-order valence-corrected chi connectivity index (χ4v) is 2.99. The molecule has 0 atom stereocenters. The van der Waals surface area contributed by atoms with Gasteiger partial charge < -0.3 is 15.2 Å². The van der Waals surface area contributed by atoms with E-state index in [-0.39, 0.29) is 0 Å². The molecular weight excluding hydrogens is 310 g/mol. The molecule has 0 spiro atoms. The Balaban J connectivity index is 1.58. The Bertz CT molecular complexity index is 694. The van der Waals surface area contributed by atoms with Crippen molar-refractivity contribution in [3.05, 3.63) is 66.3 Å². The highest BCUT2D eigenvalue weighted by molar-refractivity contribution is 5.80. The van der Waals surface area contributed by atoms with E-state index in [9.17, 15) is 0 Å². The standard InChI is InChI=1S/C20H27N5/c1-2-21-20(24-18-10-6-7-11-18)23-16-19-22-13-15-25(19)14-12-17-8-4-3-5-9-17/h3-9,13,15,18H,2,10-12,14,16H2,1H3,(H2,21,23,24). The first-order valence-electron chi connectivity index (χ1n) is 9.09. The second-order valence-corrected chi connectivity index (χ2v) is 6.25. The molecule has 1 aliphatic carbocycles. The van der Waals surface area contributed by atoms with E-state index in [1.807, 2.05) is 12.4 Å². The Kier molecular flexibility index (Phi) is 6.26. The van der Waals surface area contributed by atoms with Crippen LogP contribution in [0.5, 0.6) is 0 Å². The third-order valence-electron chi connectivity index (χ3n) is 4.36. The Morgan fingerprint density at radius 3 is 2.80 bits per heavy atom. The highest BCUT2D eigenvalue weighted by Crippen LogP contribution is 2.09. The number of rotatable bonds is 7. The number of aliphatic imine (C=N–C) groups is 1. The van der Waals surface area contributed by atoms with Crippen LogP contribution in [0.4, 0.5) is 0 Å². The molecule has 1 aromatic heterocycles. The lowest BCUT2D eigenvalue weighted by Crippen LogP contribution is -2.42. The SMILES string of the molecule is CCNC(=NCc1nccn1CCc1ccccc1)NC1CC=CC1. The van der Waals surface area contributed by atoms with Gasteiger partial charge in [-0.05, 0) is 31.7 Å². The van der Waals surface area contributed by atoms with E-state index in [0.717, 1.165) is 44.1 Å². The van der Waals surface area contributed by atoms with Crippen molar-refractivity contribution in [1.29, 1.82) is 0 Å². The molecule has 0 saturated carbocycles. The van der Waals surface area contributed by atoms with Gasteiger partial charge in [-0.2, -0.15) is 0 Å². The Hall–Kier alpha value is -2.56. The average Bonchev–Trinajstić information content (AvgIpc) is 3.30. The van der Waals surface area contributed by atoms with Crippen molar-refractivity contribution in [3.63, 3.8) is 0 Å². The lowest BCUT2D eigenvalue weighted by Gasteiger charge is -2.16. The minimum Gasteiger partial charge on any atom is -0.357 e. The zero-order valence-electron chi connectivity index (χ0n) is 14.9. The molecule has 2 aromatic rings. The van der Waals surface area contributed by atoms with E-state index >= 15 is 0 Å². The van der Waals surface area contributed by atoms with Crippen LogP contribution in [0, 0.1) is 0 Å². The fourth-order valence-electron chi connectivity index (χ4n) is 2.99. The predicted molar refractivity (Wildman–Crippen MR) is 102 cm³/mol. The zero-order chi connectivity index (χ0) is 17.3. The topological polar surface area (TPSA) is 54.2 Å². The van der Waals surface area contributed by atoms with Gasteiger partial charge in [-0.15, -0.1) is 0 Å². The number of aromatic nitrogens is 2. The lowest BCUT2D eigenvalue weighted by atomic mass is 10.1. The van der Waals surface area contributed by atoms with Gasteiger partial charge in [0, 0.05) is 31.5 Å². The molecule has 1 aliphatic rings. The molecule has 0 fully saturated rings. The highest BCUT2D eigenvalue weighted by Gasteiger charge is 2.11. The molecule has 1 aromatic carbocycles. The van der Waals surface area contributed by atoms with E-state index < -0.39 is 0 Å². The van der Waals surface area contributed by atoms with Crippen LogP contribution in [0.2, 0.25) is 0 Å². The molecule has 5 nitrogen and oxygen atoms in total. The van der Waals surface area contributed by atoms with Crippen LogP contribution >= 0.6 is 0 Å². The van der Waals surface area contributed by atoms with Crippen LogP contribution in [0.15, 0.2) is 59.9 Å². The van der Waals surface area contributed by atoms with Crippen molar-refractivity contribution in [1.82, 2.24) is 20.2 Å². The second kappa shape index (κ2) is 9.06. The minimum atomic E-state index is 0.454. The van der Waals surface area contributed by atoms with Crippen molar-refractivity contribution in [2.24, 2.45) is 4.99 Å². The molecule has 0 aliphatic heterocycles. The minimum absolute atomic E-state index is 0.454. The van der Waals surface area contributed by atoms with Gasteiger partial charge >= 0.3 is 0 Å². The molecule has 132 valence electrons. The molecule has 0 unspecified atom stereocenters. The summed E-state index contributed by atoms with van der Waals surface area (Å²) in [6.07, 6.45) is 11.5. The van der Waals surface area contributed by atoms with Crippen molar-refractivity contribution >= 4 is 5.96 Å². The van der Waals surface area contributed by atoms with Crippen LogP contribution in [0.25, 0.3) is 0 Å². The largest absolute Gasteiger partial charge is 0.357 e. The predicted octanol–water partition coefficient (Wildman–Crippen LogP) is 2.90. The van der Waals surface area contributed by atoms with E-state index in [0.29, 0.717) is 12.6 Å². The van der Waals surface area contributed by atoms with E-state index in [1.54, 1.807) is 0 Å². The zero-order valence-corrected chi connectivity index (χ0v) is 14.9. The lowest BCUT2D eigenvalue weighted by molar-refractivity contribution is 0.625. The van der Waals surface area contributed by atoms with Crippen LogP contribution in [-0.4, -0.2) is 28.1 Å². The number of hydrogen-bond donors (Lipinski definition) is 2. The third kappa shape index (κ3) is 5.21. The summed E-state index contributed by atoms with van der Waals surface area (Å²) >= 11 is 0. The first-order chi connectivity index (χ1) is 12.3. The fraction of sp³-hybridized carbons (Fsp3) is 0.400. The summed E-state index contributed by atoms with van der Waals surface area (Å²) in [6, 6.07) is 11.0. The monoisotopic (exact) mass is 337 g/mol. The van der Waals surface area contributed by atoms with Gasteiger partial charge in [0.15, 0.2) is 5.96 Å². The van der Waals surface area contributed by atoms with Gasteiger partial charge in [-0.3, -0.25) is 0 Å². The molecule has 25 heavy (non-hydrogen) atoms. The van der Waals surface area contributed by atoms with Crippen molar-refractivity contribution in [2.75, 3.05) is 6.54 Å². The van der Waals surface area contributed by atoms with Crippen molar-refractivity contribution in [2.45, 2.75) is 45.3 Å². The van der Waals surface area contributed by atoms with Crippen LogP contribution < -0.4 is 10.6 Å². The Morgan fingerprint density at radius 2 is 2.04 bits per heavy atom. The molecule has 0 bridgehead atoms. The van der Waals surface area contributed by atoms with E-state index in [2.05, 4.69) is 69.6 Å². The van der Waals surface area contributed by atoms with Crippen LogP contribution in [-0.2, 0) is 19.5 Å². The first kappa shape index (κ1) is 17.3. The number of guanidine groups is 1. The average molecular weight is 337 g/mol. The highest BCUT2D eigenvalue weighted by atomic mass is 15.2. The molecule has 2 N–H and O–H groups in total. The number of hydrogen-bond acceptors (Lipinski definition) is 2. The van der Waals surface area contributed by atoms with Crippen LogP contribution in [0.3, 0.4) is 0 Å². The number of nitrogens with one attached hydrogen (secondary N) is 2. The number of nitrogens with zero attached hydrogens (tertiary/aromatic N) is 3. The van der Waals surface area contributed by atoms with Gasteiger partial charge in [0.25, 0.3) is 0 Å². The van der Waals surface area contributed by atoms with Gasteiger partial charge in [-0.25, -0.2) is 9.98 Å². The smallest absolute Gasteiger partial charge is 0.191 e. The van der Waals surface area contributed by atoms with Crippen LogP contribution in [0.1, 0.15) is 31.2 Å². The molecule has 0 amide bonds. The molecule has 0 saturated heterocycles. The van der Waals surface area contributed by atoms with E-state index in [1.165, 1.54) is 5.56 Å². The Morgan fingerprint density at radius 1 is 1.24 bits per heavy atom. The Labute approximate surface area is 149 Å². The summed E-state index contributed by atoms with van der Waals surface area (Å²) in [5.74, 6) is 1.87. The third-order valence-corrected chi connectivity index (χ3v) is 4.36. The summed E-state index contributed by atoms with van der Waals surface area (Å²) in [5, 5.41) is 6.82. The molecular formula is C20H27N5. The number of benzene rings is 1. The van der Waals surface area contributed by atoms with Gasteiger partial charge in [0.2, 0.25) is 0 Å². The maximum Gasteiger partial charge on any atom is 0.191 e. The van der Waals surface area contributed by atoms with Crippen molar-refractivity contribution < 1.29 is 0 Å². The maximum absolute atomic E-state index is 4.72. The summed E-state index contributed by atoms with van der Waals surface area (Å²) in [6.45, 7) is 4.45. The molecule has 3 rings (SSSR count). The molecule has 1 heterocycles. The normalized spacial score (nSPS) is 14.8. The van der Waals surface area contributed by atoms with Gasteiger partial charge in [-0.1, -0.05) is 42.5 Å². The van der Waals surface area contributed by atoms with Gasteiger partial charge in [0.1, 0.15) is 12.4 Å².